The maximum absolute atomic E-state index is 13.5. The lowest BCUT2D eigenvalue weighted by Crippen LogP contribution is -2.16. The molecule has 2 aromatic rings. The van der Waals surface area contributed by atoms with Crippen LogP contribution in [0, 0.1) is 11.6 Å². The summed E-state index contributed by atoms with van der Waals surface area (Å²) in [4.78, 5) is 23.4. The van der Waals surface area contributed by atoms with Crippen molar-refractivity contribution in [3.05, 3.63) is 59.7 Å². The van der Waals surface area contributed by atoms with Crippen LogP contribution < -0.4 is 10.1 Å². The fraction of sp³-hybridized carbons (Fsp3) is 0.222. The molecule has 1 amide bonds. The Morgan fingerprint density at radius 3 is 2.46 bits per heavy atom. The summed E-state index contributed by atoms with van der Waals surface area (Å²) >= 11 is 1.08. The van der Waals surface area contributed by atoms with Crippen molar-refractivity contribution in [2.24, 2.45) is 0 Å². The minimum atomic E-state index is -0.534. The van der Waals surface area contributed by atoms with E-state index in [4.69, 9.17) is 9.47 Å². The Labute approximate surface area is 153 Å². The lowest BCUT2D eigenvalue weighted by atomic mass is 10.2. The van der Waals surface area contributed by atoms with Crippen LogP contribution in [0.1, 0.15) is 5.56 Å². The molecule has 0 spiro atoms. The van der Waals surface area contributed by atoms with Gasteiger partial charge in [0.2, 0.25) is 5.91 Å². The molecule has 0 bridgehead atoms. The topological polar surface area (TPSA) is 64.6 Å². The van der Waals surface area contributed by atoms with Crippen molar-refractivity contribution in [2.75, 3.05) is 23.9 Å². The molecule has 0 aromatic heterocycles. The van der Waals surface area contributed by atoms with E-state index in [-0.39, 0.29) is 29.8 Å². The van der Waals surface area contributed by atoms with Gasteiger partial charge in [0.15, 0.2) is 11.6 Å². The van der Waals surface area contributed by atoms with E-state index in [2.05, 4.69) is 5.32 Å². The van der Waals surface area contributed by atoms with Gasteiger partial charge in [0.05, 0.1) is 18.6 Å². The lowest BCUT2D eigenvalue weighted by Gasteiger charge is -2.07. The molecule has 0 fully saturated rings. The monoisotopic (exact) mass is 381 g/mol. The molecule has 0 aliphatic heterocycles. The third-order valence-electron chi connectivity index (χ3n) is 3.20. The second kappa shape index (κ2) is 9.76. The molecule has 0 radical (unpaired) electrons. The van der Waals surface area contributed by atoms with E-state index in [9.17, 15) is 18.4 Å². The van der Waals surface area contributed by atoms with Gasteiger partial charge in [0.1, 0.15) is 12.4 Å². The first-order chi connectivity index (χ1) is 12.5. The molecule has 0 aliphatic carbocycles. The standard InChI is InChI=1S/C18H17F2NO4S/c1-24-16-7-2-12(8-15(16)20)9-25-18(23)11-26-10-17(22)21-14-5-3-13(19)4-6-14/h2-8H,9-11H2,1H3,(H,21,22). The molecule has 138 valence electrons. The maximum Gasteiger partial charge on any atom is 0.316 e. The van der Waals surface area contributed by atoms with Gasteiger partial charge in [-0.25, -0.2) is 8.78 Å². The second-order valence-corrected chi connectivity index (χ2v) is 6.16. The van der Waals surface area contributed by atoms with Crippen LogP contribution in [-0.4, -0.2) is 30.5 Å². The van der Waals surface area contributed by atoms with Crippen LogP contribution in [0.4, 0.5) is 14.5 Å². The first-order valence-electron chi connectivity index (χ1n) is 7.59. The number of carbonyl (C=O) groups is 2. The van der Waals surface area contributed by atoms with Gasteiger partial charge in [-0.1, -0.05) is 6.07 Å². The molecule has 0 heterocycles. The Morgan fingerprint density at radius 2 is 1.81 bits per heavy atom. The fourth-order valence-electron chi connectivity index (χ4n) is 1.96. The minimum absolute atomic E-state index is 0.0184. The Bertz CT molecular complexity index is 768. The molecule has 5 nitrogen and oxygen atoms in total. The number of halogens is 2. The van der Waals surface area contributed by atoms with Crippen molar-refractivity contribution in [1.29, 1.82) is 0 Å². The van der Waals surface area contributed by atoms with Crippen LogP contribution in [0.2, 0.25) is 0 Å². The highest BCUT2D eigenvalue weighted by Gasteiger charge is 2.09. The van der Waals surface area contributed by atoms with Crippen molar-refractivity contribution in [3.63, 3.8) is 0 Å². The summed E-state index contributed by atoms with van der Waals surface area (Å²) < 4.78 is 36.1. The molecule has 0 saturated carbocycles. The molecule has 0 saturated heterocycles. The van der Waals surface area contributed by atoms with Gasteiger partial charge >= 0.3 is 5.97 Å². The fourth-order valence-corrected chi connectivity index (χ4v) is 2.57. The maximum atomic E-state index is 13.5. The van der Waals surface area contributed by atoms with Crippen molar-refractivity contribution in [1.82, 2.24) is 0 Å². The van der Waals surface area contributed by atoms with E-state index < -0.39 is 17.6 Å². The number of esters is 1. The number of methoxy groups -OCH3 is 1. The first kappa shape index (κ1) is 19.7. The van der Waals surface area contributed by atoms with Crippen molar-refractivity contribution < 1.29 is 27.8 Å². The summed E-state index contributed by atoms with van der Waals surface area (Å²) in [5.41, 5.74) is 0.969. The quantitative estimate of drug-likeness (QED) is 0.710. The highest BCUT2D eigenvalue weighted by molar-refractivity contribution is 8.00. The number of anilines is 1. The smallest absolute Gasteiger partial charge is 0.316 e. The molecule has 0 atom stereocenters. The number of thioether (sulfide) groups is 1. The van der Waals surface area contributed by atoms with Crippen LogP contribution in [0.15, 0.2) is 42.5 Å². The van der Waals surface area contributed by atoms with Crippen molar-refractivity contribution in [3.8, 4) is 5.75 Å². The number of rotatable bonds is 8. The number of nitrogens with one attached hydrogen (secondary N) is 1. The van der Waals surface area contributed by atoms with Crippen molar-refractivity contribution in [2.45, 2.75) is 6.61 Å². The molecule has 26 heavy (non-hydrogen) atoms. The minimum Gasteiger partial charge on any atom is -0.494 e. The average molecular weight is 381 g/mol. The Hall–Kier alpha value is -2.61. The first-order valence-corrected chi connectivity index (χ1v) is 8.74. The number of amides is 1. The van der Waals surface area contributed by atoms with Crippen LogP contribution >= 0.6 is 11.8 Å². The summed E-state index contributed by atoms with van der Waals surface area (Å²) in [7, 11) is 1.36. The molecule has 2 aromatic carbocycles. The van der Waals surface area contributed by atoms with Gasteiger partial charge < -0.3 is 14.8 Å². The van der Waals surface area contributed by atoms with Gasteiger partial charge in [-0.15, -0.1) is 11.8 Å². The van der Waals surface area contributed by atoms with Gasteiger partial charge in [-0.2, -0.15) is 0 Å². The van der Waals surface area contributed by atoms with Crippen molar-refractivity contribution >= 4 is 29.3 Å². The average Bonchev–Trinajstić information content (AvgIpc) is 2.62. The van der Waals surface area contributed by atoms with Gasteiger partial charge in [0.25, 0.3) is 0 Å². The molecule has 8 heteroatoms. The van der Waals surface area contributed by atoms with E-state index in [1.165, 1.54) is 43.5 Å². The molecule has 2 rings (SSSR count). The Kier molecular flexibility index (Phi) is 7.40. The van der Waals surface area contributed by atoms with Crippen LogP contribution in [0.3, 0.4) is 0 Å². The predicted octanol–water partition coefficient (Wildman–Crippen LogP) is 3.39. The Morgan fingerprint density at radius 1 is 1.08 bits per heavy atom. The zero-order valence-electron chi connectivity index (χ0n) is 14.0. The number of hydrogen-bond acceptors (Lipinski definition) is 5. The number of hydrogen-bond donors (Lipinski definition) is 1. The van der Waals surface area contributed by atoms with Gasteiger partial charge in [-0.3, -0.25) is 9.59 Å². The van der Waals surface area contributed by atoms with Gasteiger partial charge in [0, 0.05) is 5.69 Å². The molecular formula is C18H17F2NO4S. The summed E-state index contributed by atoms with van der Waals surface area (Å²) in [6.45, 7) is -0.0674. The summed E-state index contributed by atoms with van der Waals surface area (Å²) in [6.07, 6.45) is 0. The SMILES string of the molecule is COc1ccc(COC(=O)CSCC(=O)Nc2ccc(F)cc2)cc1F. The summed E-state index contributed by atoms with van der Waals surface area (Å²) in [6, 6.07) is 9.64. The number of ether oxygens (including phenoxy) is 2. The lowest BCUT2D eigenvalue weighted by molar-refractivity contribution is -0.141. The zero-order chi connectivity index (χ0) is 18.9. The molecular weight excluding hydrogens is 364 g/mol. The summed E-state index contributed by atoms with van der Waals surface area (Å²) in [5.74, 6) is -1.61. The van der Waals surface area contributed by atoms with E-state index in [1.807, 2.05) is 0 Å². The van der Waals surface area contributed by atoms with E-state index in [0.717, 1.165) is 11.8 Å². The highest BCUT2D eigenvalue weighted by atomic mass is 32.2. The predicted molar refractivity (Wildman–Crippen MR) is 95.1 cm³/mol. The van der Waals surface area contributed by atoms with Gasteiger partial charge in [-0.05, 0) is 42.0 Å². The summed E-state index contributed by atoms with van der Waals surface area (Å²) in [5, 5.41) is 2.59. The number of benzene rings is 2. The van der Waals surface area contributed by atoms with E-state index in [0.29, 0.717) is 11.3 Å². The Balaban J connectivity index is 1.67. The third-order valence-corrected chi connectivity index (χ3v) is 4.10. The normalized spacial score (nSPS) is 10.3. The second-order valence-electron chi connectivity index (χ2n) is 5.18. The molecule has 0 unspecified atom stereocenters. The molecule has 1 N–H and O–H groups in total. The zero-order valence-corrected chi connectivity index (χ0v) is 14.8. The van der Waals surface area contributed by atoms with Crippen LogP contribution in [0.25, 0.3) is 0 Å². The highest BCUT2D eigenvalue weighted by Crippen LogP contribution is 2.18. The molecule has 0 aliphatic rings. The van der Waals surface area contributed by atoms with E-state index >= 15 is 0 Å². The third kappa shape index (κ3) is 6.36. The van der Waals surface area contributed by atoms with E-state index in [1.54, 1.807) is 6.07 Å². The number of carbonyl (C=O) groups excluding carboxylic acids is 2. The van der Waals surface area contributed by atoms with Crippen LogP contribution in [0.5, 0.6) is 5.75 Å². The largest absolute Gasteiger partial charge is 0.494 e. The van der Waals surface area contributed by atoms with Crippen LogP contribution in [-0.2, 0) is 20.9 Å².